The maximum Gasteiger partial charge on any atom is 0.505 e. The van der Waals surface area contributed by atoms with Gasteiger partial charge in [0.05, 0.1) is 5.52 Å². The minimum absolute atomic E-state index is 0.0750. The van der Waals surface area contributed by atoms with Crippen LogP contribution in [0, 0.1) is 0 Å². The number of hydrogen-bond acceptors (Lipinski definition) is 3. The zero-order chi connectivity index (χ0) is 19.4. The highest BCUT2D eigenvalue weighted by Crippen LogP contribution is 2.38. The predicted octanol–water partition coefficient (Wildman–Crippen LogP) is 3.48. The van der Waals surface area contributed by atoms with Gasteiger partial charge in [0.15, 0.2) is 0 Å². The summed E-state index contributed by atoms with van der Waals surface area (Å²) in [4.78, 5) is 2.41. The minimum Gasteiger partial charge on any atom is -0.422 e. The van der Waals surface area contributed by atoms with Gasteiger partial charge >= 0.3 is 7.12 Å². The van der Waals surface area contributed by atoms with Crippen LogP contribution >= 0.6 is 0 Å². The molecule has 0 bridgehead atoms. The number of fused-ring (bicyclic) bond motifs is 1. The molecule has 0 saturated heterocycles. The molecule has 0 fully saturated rings. The lowest BCUT2D eigenvalue weighted by molar-refractivity contribution is 0.381. The molecule has 0 radical (unpaired) electrons. The predicted molar refractivity (Wildman–Crippen MR) is 109 cm³/mol. The fraction of sp³-hybridized carbons (Fsp3) is 0.600. The van der Waals surface area contributed by atoms with Crippen LogP contribution in [-0.2, 0) is 5.54 Å². The van der Waals surface area contributed by atoms with Gasteiger partial charge in [-0.25, -0.2) is 0 Å². The van der Waals surface area contributed by atoms with Gasteiger partial charge in [-0.2, -0.15) is 0 Å². The van der Waals surface area contributed by atoms with Crippen molar-refractivity contribution in [2.45, 2.75) is 78.9 Å². The van der Waals surface area contributed by atoms with Crippen LogP contribution in [0.5, 0.6) is 0 Å². The van der Waals surface area contributed by atoms with Crippen LogP contribution in [0.25, 0.3) is 10.9 Å². The molecule has 0 saturated carbocycles. The van der Waals surface area contributed by atoms with Gasteiger partial charge in [-0.15, -0.1) is 0 Å². The third-order valence-corrected chi connectivity index (χ3v) is 4.37. The van der Waals surface area contributed by atoms with Crippen molar-refractivity contribution in [3.63, 3.8) is 0 Å². The van der Waals surface area contributed by atoms with E-state index in [2.05, 4.69) is 85.4 Å². The standard InChI is InChI=1S/C20H33BN2O2/c1-18(2,3)22-15-11-10-12-16(14(15)13-17(22)21(24)25)23(19(4,5)6)20(7,8)9/h10-13,24-25H,1-9H3. The molecule has 2 N–H and O–H groups in total. The number of benzene rings is 1. The minimum atomic E-state index is -1.50. The quantitative estimate of drug-likeness (QED) is 0.820. The first kappa shape index (κ1) is 19.9. The SMILES string of the molecule is CC(C)(C)N(c1cccc2c1cc(B(O)O)n2C(C)(C)C)C(C)(C)C. The van der Waals surface area contributed by atoms with Gasteiger partial charge in [0.1, 0.15) is 0 Å². The molecule has 5 heteroatoms. The fourth-order valence-corrected chi connectivity index (χ4v) is 4.10. The van der Waals surface area contributed by atoms with Crippen LogP contribution < -0.4 is 10.5 Å². The topological polar surface area (TPSA) is 48.6 Å². The summed E-state index contributed by atoms with van der Waals surface area (Å²) in [5.74, 6) is 0. The smallest absolute Gasteiger partial charge is 0.422 e. The molecule has 2 aromatic rings. The van der Waals surface area contributed by atoms with Crippen LogP contribution in [0.1, 0.15) is 62.3 Å². The largest absolute Gasteiger partial charge is 0.505 e. The Hall–Kier alpha value is -1.46. The molecule has 138 valence electrons. The molecule has 1 aromatic carbocycles. The molecule has 25 heavy (non-hydrogen) atoms. The first-order valence-corrected chi connectivity index (χ1v) is 8.97. The van der Waals surface area contributed by atoms with Gasteiger partial charge in [0, 0.05) is 33.3 Å². The van der Waals surface area contributed by atoms with E-state index in [0.29, 0.717) is 5.59 Å². The van der Waals surface area contributed by atoms with Crippen LogP contribution in [-0.4, -0.2) is 32.8 Å². The van der Waals surface area contributed by atoms with E-state index in [0.717, 1.165) is 16.6 Å². The Balaban J connectivity index is 2.89. The molecular weight excluding hydrogens is 311 g/mol. The third-order valence-electron chi connectivity index (χ3n) is 4.37. The van der Waals surface area contributed by atoms with E-state index in [9.17, 15) is 10.0 Å². The maximum absolute atomic E-state index is 9.94. The fourth-order valence-electron chi connectivity index (χ4n) is 4.10. The van der Waals surface area contributed by atoms with E-state index in [4.69, 9.17) is 0 Å². The van der Waals surface area contributed by atoms with Crippen molar-refractivity contribution in [2.24, 2.45) is 0 Å². The van der Waals surface area contributed by atoms with Crippen molar-refractivity contribution >= 4 is 29.3 Å². The summed E-state index contributed by atoms with van der Waals surface area (Å²) >= 11 is 0. The van der Waals surface area contributed by atoms with E-state index in [1.165, 1.54) is 0 Å². The lowest BCUT2D eigenvalue weighted by atomic mass is 9.84. The van der Waals surface area contributed by atoms with E-state index >= 15 is 0 Å². The lowest BCUT2D eigenvalue weighted by Crippen LogP contribution is -2.53. The van der Waals surface area contributed by atoms with Crippen molar-refractivity contribution in [3.05, 3.63) is 24.3 Å². The van der Waals surface area contributed by atoms with Gasteiger partial charge < -0.3 is 19.5 Å². The Bertz CT molecular complexity index is 745. The van der Waals surface area contributed by atoms with Crippen molar-refractivity contribution in [1.29, 1.82) is 0 Å². The summed E-state index contributed by atoms with van der Waals surface area (Å²) < 4.78 is 2.03. The van der Waals surface area contributed by atoms with Gasteiger partial charge in [-0.3, -0.25) is 0 Å². The number of aromatic nitrogens is 1. The van der Waals surface area contributed by atoms with Crippen LogP contribution in [0.3, 0.4) is 0 Å². The molecule has 0 amide bonds. The van der Waals surface area contributed by atoms with Crippen LogP contribution in [0.2, 0.25) is 0 Å². The zero-order valence-electron chi connectivity index (χ0n) is 17.2. The van der Waals surface area contributed by atoms with Gasteiger partial charge in [0.25, 0.3) is 0 Å². The molecule has 0 aliphatic carbocycles. The summed E-state index contributed by atoms with van der Waals surface area (Å²) in [5.41, 5.74) is 2.25. The molecule has 1 aromatic heterocycles. The summed E-state index contributed by atoms with van der Waals surface area (Å²) in [6.07, 6.45) is 0. The van der Waals surface area contributed by atoms with Gasteiger partial charge in [-0.1, -0.05) is 6.07 Å². The van der Waals surface area contributed by atoms with E-state index < -0.39 is 7.12 Å². The van der Waals surface area contributed by atoms with E-state index in [1.54, 1.807) is 0 Å². The van der Waals surface area contributed by atoms with Gasteiger partial charge in [-0.05, 0) is 80.5 Å². The normalized spacial score (nSPS) is 13.4. The Labute approximate surface area is 152 Å². The van der Waals surface area contributed by atoms with Crippen molar-refractivity contribution in [1.82, 2.24) is 4.57 Å². The molecule has 0 spiro atoms. The Morgan fingerprint density at radius 3 is 1.80 bits per heavy atom. The second-order valence-corrected chi connectivity index (χ2v) is 9.84. The molecule has 2 rings (SSSR count). The van der Waals surface area contributed by atoms with Crippen molar-refractivity contribution < 1.29 is 10.0 Å². The molecule has 0 aliphatic rings. The average molecular weight is 344 g/mol. The second kappa shape index (κ2) is 6.06. The second-order valence-electron chi connectivity index (χ2n) is 9.84. The monoisotopic (exact) mass is 344 g/mol. The average Bonchev–Trinajstić information content (AvgIpc) is 2.75. The zero-order valence-corrected chi connectivity index (χ0v) is 17.2. The highest BCUT2D eigenvalue weighted by atomic mass is 16.4. The first-order chi connectivity index (χ1) is 11.2. The Kier molecular flexibility index (Phi) is 4.82. The lowest BCUT2D eigenvalue weighted by Gasteiger charge is -2.47. The summed E-state index contributed by atoms with van der Waals surface area (Å²) in [7, 11) is -1.50. The third kappa shape index (κ3) is 3.72. The van der Waals surface area contributed by atoms with Crippen LogP contribution in [0.4, 0.5) is 5.69 Å². The number of anilines is 1. The first-order valence-electron chi connectivity index (χ1n) is 8.97. The Morgan fingerprint density at radius 2 is 1.40 bits per heavy atom. The number of rotatable bonds is 2. The maximum atomic E-state index is 9.94. The molecular formula is C20H33BN2O2. The Morgan fingerprint density at radius 1 is 0.880 bits per heavy atom. The van der Waals surface area contributed by atoms with Gasteiger partial charge in [0.2, 0.25) is 0 Å². The van der Waals surface area contributed by atoms with Crippen molar-refractivity contribution in [2.75, 3.05) is 4.90 Å². The van der Waals surface area contributed by atoms with Crippen molar-refractivity contribution in [3.8, 4) is 0 Å². The highest BCUT2D eigenvalue weighted by molar-refractivity contribution is 6.58. The summed E-state index contributed by atoms with van der Waals surface area (Å²) in [5, 5.41) is 20.9. The number of hydrogen-bond donors (Lipinski definition) is 2. The summed E-state index contributed by atoms with van der Waals surface area (Å²) in [6.45, 7) is 19.5. The molecule has 4 nitrogen and oxygen atoms in total. The number of nitrogens with zero attached hydrogens (tertiary/aromatic N) is 2. The van der Waals surface area contributed by atoms with E-state index in [-0.39, 0.29) is 16.6 Å². The van der Waals surface area contributed by atoms with E-state index in [1.807, 2.05) is 10.6 Å². The molecule has 0 aliphatic heterocycles. The van der Waals surface area contributed by atoms with Crippen LogP contribution in [0.15, 0.2) is 24.3 Å². The highest BCUT2D eigenvalue weighted by Gasteiger charge is 2.34. The molecule has 0 unspecified atom stereocenters. The molecule has 1 heterocycles. The molecule has 0 atom stereocenters. The summed E-state index contributed by atoms with van der Waals surface area (Å²) in [6, 6.07) is 8.15.